The molecule has 1 saturated heterocycles. The summed E-state index contributed by atoms with van der Waals surface area (Å²) < 4.78 is 6.03. The maximum absolute atomic E-state index is 13.4. The van der Waals surface area contributed by atoms with Gasteiger partial charge >= 0.3 is 0 Å². The van der Waals surface area contributed by atoms with E-state index in [2.05, 4.69) is 4.98 Å². The molecule has 1 aromatic carbocycles. The van der Waals surface area contributed by atoms with Crippen LogP contribution >= 0.6 is 22.7 Å². The minimum atomic E-state index is -0.485. The Labute approximate surface area is 225 Å². The summed E-state index contributed by atoms with van der Waals surface area (Å²) in [6.07, 6.45) is 0.211. The minimum absolute atomic E-state index is 0.0522. The Balaban J connectivity index is 1.49. The summed E-state index contributed by atoms with van der Waals surface area (Å²) in [5.41, 5.74) is 1.45. The summed E-state index contributed by atoms with van der Waals surface area (Å²) in [4.78, 5) is 49.7. The van der Waals surface area contributed by atoms with Gasteiger partial charge in [0.2, 0.25) is 11.8 Å². The van der Waals surface area contributed by atoms with Crippen LogP contribution in [-0.2, 0) is 20.7 Å². The zero-order chi connectivity index (χ0) is 26.2. The van der Waals surface area contributed by atoms with Crippen LogP contribution < -0.4 is 0 Å². The highest BCUT2D eigenvalue weighted by Gasteiger charge is 2.32. The third-order valence-corrected chi connectivity index (χ3v) is 8.22. The predicted molar refractivity (Wildman–Crippen MR) is 146 cm³/mol. The second kappa shape index (κ2) is 12.9. The fraction of sp³-hybridized carbons (Fsp3) is 0.407. The molecule has 1 aliphatic rings. The Morgan fingerprint density at radius 1 is 1.08 bits per heavy atom. The largest absolute Gasteiger partial charge is 0.365 e. The van der Waals surface area contributed by atoms with Crippen LogP contribution in [0, 0.1) is 0 Å². The molecule has 0 aliphatic carbocycles. The van der Waals surface area contributed by atoms with Gasteiger partial charge in [0.05, 0.1) is 11.0 Å². The second-order valence-corrected chi connectivity index (χ2v) is 10.6. The standard InChI is InChI=1S/C27H32N4O4S2/c1-3-29(4-2)25(33)18-35-21-15-30(13-12-20-9-6-5-7-10-20)24(32)17-31(16-21)27(34)22-19-37-26(28-22)23-11-8-14-36-23/h5-11,14,19,21H,3-4,12-13,15-18H2,1-2H3/t21-/m0/s1. The zero-order valence-electron chi connectivity index (χ0n) is 21.2. The van der Waals surface area contributed by atoms with Crippen molar-refractivity contribution in [3.8, 4) is 9.88 Å². The van der Waals surface area contributed by atoms with Gasteiger partial charge in [-0.15, -0.1) is 22.7 Å². The van der Waals surface area contributed by atoms with E-state index in [1.807, 2.05) is 61.7 Å². The lowest BCUT2D eigenvalue weighted by Gasteiger charge is -2.26. The number of thiazole rings is 1. The number of hydrogen-bond acceptors (Lipinski definition) is 7. The number of carbonyl (C=O) groups is 3. The van der Waals surface area contributed by atoms with Gasteiger partial charge in [0.25, 0.3) is 5.91 Å². The summed E-state index contributed by atoms with van der Waals surface area (Å²) in [5, 5.41) is 4.48. The first-order chi connectivity index (χ1) is 18.0. The van der Waals surface area contributed by atoms with Crippen LogP contribution in [0.4, 0.5) is 0 Å². The predicted octanol–water partition coefficient (Wildman–Crippen LogP) is 3.65. The number of likely N-dealkylation sites (N-methyl/N-ethyl adjacent to an activating group) is 1. The molecule has 0 unspecified atom stereocenters. The molecule has 3 amide bonds. The van der Waals surface area contributed by atoms with Crippen LogP contribution in [-0.4, -0.2) is 89.4 Å². The van der Waals surface area contributed by atoms with E-state index in [0.717, 1.165) is 15.4 Å². The first-order valence-corrected chi connectivity index (χ1v) is 14.2. The molecule has 2 aromatic heterocycles. The average molecular weight is 541 g/mol. The number of rotatable bonds is 10. The maximum atomic E-state index is 13.4. The molecule has 0 bridgehead atoms. The third kappa shape index (κ3) is 7.03. The van der Waals surface area contributed by atoms with Gasteiger partial charge in [0, 0.05) is 38.1 Å². The molecule has 0 spiro atoms. The quantitative estimate of drug-likeness (QED) is 0.392. The fourth-order valence-corrected chi connectivity index (χ4v) is 5.88. The molecule has 1 fully saturated rings. The monoisotopic (exact) mass is 540 g/mol. The van der Waals surface area contributed by atoms with Crippen molar-refractivity contribution in [2.75, 3.05) is 45.9 Å². The second-order valence-electron chi connectivity index (χ2n) is 8.78. The maximum Gasteiger partial charge on any atom is 0.273 e. The Kier molecular flexibility index (Phi) is 9.43. The van der Waals surface area contributed by atoms with Gasteiger partial charge in [0.1, 0.15) is 23.9 Å². The van der Waals surface area contributed by atoms with E-state index in [1.54, 1.807) is 26.5 Å². The van der Waals surface area contributed by atoms with Gasteiger partial charge in [-0.2, -0.15) is 0 Å². The van der Waals surface area contributed by atoms with E-state index in [0.29, 0.717) is 38.3 Å². The summed E-state index contributed by atoms with van der Waals surface area (Å²) in [6, 6.07) is 13.9. The molecule has 0 N–H and O–H groups in total. The van der Waals surface area contributed by atoms with Crippen LogP contribution in [0.1, 0.15) is 29.9 Å². The summed E-state index contributed by atoms with van der Waals surface area (Å²) >= 11 is 2.98. The lowest BCUT2D eigenvalue weighted by Crippen LogP contribution is -2.41. The smallest absolute Gasteiger partial charge is 0.273 e. The highest BCUT2D eigenvalue weighted by atomic mass is 32.1. The van der Waals surface area contributed by atoms with Gasteiger partial charge in [-0.05, 0) is 37.3 Å². The van der Waals surface area contributed by atoms with Crippen LogP contribution in [0.2, 0.25) is 0 Å². The van der Waals surface area contributed by atoms with E-state index in [-0.39, 0.29) is 37.4 Å². The van der Waals surface area contributed by atoms with Crippen LogP contribution in [0.5, 0.6) is 0 Å². The van der Waals surface area contributed by atoms with Gasteiger partial charge in [-0.3, -0.25) is 14.4 Å². The SMILES string of the molecule is CCN(CC)C(=O)CO[C@H]1CN(CCc2ccccc2)C(=O)CN(C(=O)c2csc(-c3cccs3)n2)C1. The first-order valence-electron chi connectivity index (χ1n) is 12.5. The minimum Gasteiger partial charge on any atom is -0.365 e. The molecule has 196 valence electrons. The average Bonchev–Trinajstić information content (AvgIpc) is 3.59. The van der Waals surface area contributed by atoms with E-state index in [4.69, 9.17) is 4.74 Å². The number of nitrogens with zero attached hydrogens (tertiary/aromatic N) is 4. The molecular weight excluding hydrogens is 508 g/mol. The van der Waals surface area contributed by atoms with E-state index in [9.17, 15) is 14.4 Å². The number of thiophene rings is 1. The van der Waals surface area contributed by atoms with Crippen molar-refractivity contribution in [3.05, 3.63) is 64.5 Å². The molecule has 8 nitrogen and oxygen atoms in total. The van der Waals surface area contributed by atoms with Crippen LogP contribution in [0.15, 0.2) is 53.2 Å². The highest BCUT2D eigenvalue weighted by molar-refractivity contribution is 7.20. The highest BCUT2D eigenvalue weighted by Crippen LogP contribution is 2.28. The summed E-state index contributed by atoms with van der Waals surface area (Å²) in [5.74, 6) is -0.547. The van der Waals surface area contributed by atoms with Crippen molar-refractivity contribution in [1.29, 1.82) is 0 Å². The molecular formula is C27H32N4O4S2. The number of amides is 3. The zero-order valence-corrected chi connectivity index (χ0v) is 22.8. The van der Waals surface area contributed by atoms with Crippen LogP contribution in [0.3, 0.4) is 0 Å². The fourth-order valence-electron chi connectivity index (χ4n) is 4.27. The van der Waals surface area contributed by atoms with E-state index >= 15 is 0 Å². The van der Waals surface area contributed by atoms with Gasteiger partial charge in [-0.1, -0.05) is 36.4 Å². The van der Waals surface area contributed by atoms with Crippen molar-refractivity contribution in [2.24, 2.45) is 0 Å². The lowest BCUT2D eigenvalue weighted by molar-refractivity contribution is -0.138. The number of hydrogen-bond donors (Lipinski definition) is 0. The summed E-state index contributed by atoms with van der Waals surface area (Å²) in [7, 11) is 0. The Morgan fingerprint density at radius 2 is 1.86 bits per heavy atom. The lowest BCUT2D eigenvalue weighted by atomic mass is 10.1. The molecule has 3 heterocycles. The van der Waals surface area contributed by atoms with Crippen molar-refractivity contribution in [3.63, 3.8) is 0 Å². The molecule has 1 atom stereocenters. The topological polar surface area (TPSA) is 83.0 Å². The van der Waals surface area contributed by atoms with Crippen molar-refractivity contribution in [2.45, 2.75) is 26.4 Å². The van der Waals surface area contributed by atoms with E-state index in [1.165, 1.54) is 16.2 Å². The molecule has 0 radical (unpaired) electrons. The third-order valence-electron chi connectivity index (χ3n) is 6.34. The molecule has 3 aromatic rings. The number of ether oxygens (including phenoxy) is 1. The van der Waals surface area contributed by atoms with E-state index < -0.39 is 6.10 Å². The van der Waals surface area contributed by atoms with Gasteiger partial charge in [-0.25, -0.2) is 4.98 Å². The van der Waals surface area contributed by atoms with Crippen molar-refractivity contribution in [1.82, 2.24) is 19.7 Å². The van der Waals surface area contributed by atoms with Crippen molar-refractivity contribution < 1.29 is 19.1 Å². The Bertz CT molecular complexity index is 1180. The normalized spacial score (nSPS) is 16.1. The van der Waals surface area contributed by atoms with Crippen LogP contribution in [0.25, 0.3) is 9.88 Å². The number of aromatic nitrogens is 1. The van der Waals surface area contributed by atoms with Gasteiger partial charge < -0.3 is 19.4 Å². The molecule has 0 saturated carbocycles. The molecule has 4 rings (SSSR count). The number of benzene rings is 1. The Hall–Kier alpha value is -3.08. The number of carbonyl (C=O) groups excluding carboxylic acids is 3. The first kappa shape index (κ1) is 27.0. The Morgan fingerprint density at radius 3 is 2.57 bits per heavy atom. The summed E-state index contributed by atoms with van der Waals surface area (Å²) in [6.45, 7) is 5.96. The molecule has 10 heteroatoms. The van der Waals surface area contributed by atoms with Gasteiger partial charge in [0.15, 0.2) is 0 Å². The molecule has 1 aliphatic heterocycles. The molecule has 37 heavy (non-hydrogen) atoms. The van der Waals surface area contributed by atoms with Crippen molar-refractivity contribution >= 4 is 40.4 Å².